The molecule has 0 aliphatic rings. The topological polar surface area (TPSA) is 26.0 Å². The lowest BCUT2D eigenvalue weighted by Gasteiger charge is -2.20. The van der Waals surface area contributed by atoms with Crippen LogP contribution >= 0.6 is 0 Å². The minimum Gasteiger partial charge on any atom is -0.330 e. The molecule has 0 saturated carbocycles. The molecule has 2 N–H and O–H groups in total. The Morgan fingerprint density at radius 2 is 2.00 bits per heavy atom. The van der Waals surface area contributed by atoms with E-state index in [2.05, 4.69) is 20.8 Å². The van der Waals surface area contributed by atoms with Gasteiger partial charge in [0.1, 0.15) is 0 Å². The summed E-state index contributed by atoms with van der Waals surface area (Å²) >= 11 is 0. The first-order chi connectivity index (χ1) is 3.62. The molecule has 8 heavy (non-hydrogen) atoms. The average Bonchev–Trinajstić information content (AvgIpc) is 1.67. The van der Waals surface area contributed by atoms with Crippen LogP contribution in [-0.2, 0) is 0 Å². The van der Waals surface area contributed by atoms with E-state index in [9.17, 15) is 0 Å². The van der Waals surface area contributed by atoms with Crippen LogP contribution in [0.15, 0.2) is 0 Å². The van der Waals surface area contributed by atoms with Crippen molar-refractivity contribution in [1.29, 1.82) is 0 Å². The molecule has 0 heterocycles. The van der Waals surface area contributed by atoms with Gasteiger partial charge in [-0.25, -0.2) is 0 Å². The summed E-state index contributed by atoms with van der Waals surface area (Å²) < 4.78 is 0. The Morgan fingerprint density at radius 3 is 2.12 bits per heavy atom. The van der Waals surface area contributed by atoms with Crippen molar-refractivity contribution in [2.45, 2.75) is 26.7 Å². The quantitative estimate of drug-likeness (QED) is 0.592. The predicted octanol–water partition coefficient (Wildman–Crippen LogP) is 1.59. The molecule has 0 unspecified atom stereocenters. The van der Waals surface area contributed by atoms with Gasteiger partial charge in [-0.05, 0) is 18.4 Å². The lowest BCUT2D eigenvalue weighted by atomic mass is 9.89. The van der Waals surface area contributed by atoms with Crippen molar-refractivity contribution in [2.24, 2.45) is 11.1 Å². The van der Waals surface area contributed by atoms with E-state index in [1.54, 1.807) is 0 Å². The van der Waals surface area contributed by atoms with E-state index in [-0.39, 0.29) is 0 Å². The Balaban J connectivity index is 3.37. The molecule has 0 amide bonds. The Kier molecular flexibility index (Phi) is 3.06. The third-order valence-corrected chi connectivity index (χ3v) is 1.41. The standard InChI is InChI=1S/C7H16N/c1-4-5-7(2,3)6-8/h1,4-6,8H2,2-3H3. The lowest BCUT2D eigenvalue weighted by molar-refractivity contribution is 0.350. The molecule has 1 nitrogen and oxygen atoms in total. The molecule has 0 bridgehead atoms. The second kappa shape index (κ2) is 3.08. The van der Waals surface area contributed by atoms with E-state index in [1.165, 1.54) is 0 Å². The van der Waals surface area contributed by atoms with Crippen LogP contribution in [0.4, 0.5) is 0 Å². The molecule has 0 aliphatic carbocycles. The fourth-order valence-electron chi connectivity index (χ4n) is 0.581. The van der Waals surface area contributed by atoms with Crippen LogP contribution in [0.25, 0.3) is 0 Å². The highest BCUT2D eigenvalue weighted by Gasteiger charge is 2.12. The SMILES string of the molecule is [CH2]CCC(C)(C)CN. The molecule has 0 spiro atoms. The van der Waals surface area contributed by atoms with Crippen molar-refractivity contribution < 1.29 is 0 Å². The van der Waals surface area contributed by atoms with Crippen LogP contribution < -0.4 is 5.73 Å². The Labute approximate surface area is 52.3 Å². The molecule has 0 aliphatic heterocycles. The van der Waals surface area contributed by atoms with Gasteiger partial charge in [-0.2, -0.15) is 0 Å². The van der Waals surface area contributed by atoms with E-state index in [1.807, 2.05) is 0 Å². The van der Waals surface area contributed by atoms with Gasteiger partial charge in [-0.1, -0.05) is 27.2 Å². The van der Waals surface area contributed by atoms with Gasteiger partial charge in [-0.3, -0.25) is 0 Å². The largest absolute Gasteiger partial charge is 0.330 e. The zero-order valence-electron chi connectivity index (χ0n) is 5.91. The molecular weight excluding hydrogens is 98.1 g/mol. The van der Waals surface area contributed by atoms with E-state index >= 15 is 0 Å². The zero-order valence-corrected chi connectivity index (χ0v) is 5.91. The smallest absolute Gasteiger partial charge is 0.00258 e. The maximum Gasteiger partial charge on any atom is -0.00258 e. The third-order valence-electron chi connectivity index (χ3n) is 1.41. The second-order valence-corrected chi connectivity index (χ2v) is 2.97. The fraction of sp³-hybridized carbons (Fsp3) is 0.857. The normalized spacial score (nSPS) is 12.0. The summed E-state index contributed by atoms with van der Waals surface area (Å²) in [6.07, 6.45) is 2.12. The van der Waals surface area contributed by atoms with E-state index in [0.29, 0.717) is 5.41 Å². The third kappa shape index (κ3) is 3.03. The van der Waals surface area contributed by atoms with Crippen LogP contribution in [0.2, 0.25) is 0 Å². The average molecular weight is 114 g/mol. The van der Waals surface area contributed by atoms with Gasteiger partial charge < -0.3 is 5.73 Å². The molecule has 0 aromatic carbocycles. The van der Waals surface area contributed by atoms with Crippen LogP contribution in [-0.4, -0.2) is 6.54 Å². The molecule has 49 valence electrons. The van der Waals surface area contributed by atoms with Gasteiger partial charge in [0.2, 0.25) is 0 Å². The van der Waals surface area contributed by atoms with E-state index < -0.39 is 0 Å². The summed E-state index contributed by atoms with van der Waals surface area (Å²) in [6.45, 7) is 8.86. The van der Waals surface area contributed by atoms with Crippen molar-refractivity contribution in [2.75, 3.05) is 6.54 Å². The van der Waals surface area contributed by atoms with Crippen LogP contribution in [0.1, 0.15) is 26.7 Å². The summed E-state index contributed by atoms with van der Waals surface area (Å²) in [4.78, 5) is 0. The number of nitrogens with two attached hydrogens (primary N) is 1. The second-order valence-electron chi connectivity index (χ2n) is 2.97. The van der Waals surface area contributed by atoms with Crippen molar-refractivity contribution >= 4 is 0 Å². The van der Waals surface area contributed by atoms with Crippen molar-refractivity contribution in [3.8, 4) is 0 Å². The van der Waals surface area contributed by atoms with Gasteiger partial charge in [0, 0.05) is 0 Å². The van der Waals surface area contributed by atoms with Crippen molar-refractivity contribution in [3.63, 3.8) is 0 Å². The maximum atomic E-state index is 5.46. The first-order valence-electron chi connectivity index (χ1n) is 3.12. The Hall–Kier alpha value is -0.0400. The molecule has 1 heteroatoms. The first kappa shape index (κ1) is 7.96. The first-order valence-corrected chi connectivity index (χ1v) is 3.12. The minimum absolute atomic E-state index is 0.307. The summed E-state index contributed by atoms with van der Waals surface area (Å²) in [5.74, 6) is 0. The van der Waals surface area contributed by atoms with Gasteiger partial charge >= 0.3 is 0 Å². The van der Waals surface area contributed by atoms with Crippen molar-refractivity contribution in [3.05, 3.63) is 6.92 Å². The van der Waals surface area contributed by atoms with Gasteiger partial charge in [0.05, 0.1) is 0 Å². The highest BCUT2D eigenvalue weighted by Crippen LogP contribution is 2.18. The van der Waals surface area contributed by atoms with Crippen LogP contribution in [0, 0.1) is 12.3 Å². The van der Waals surface area contributed by atoms with E-state index in [0.717, 1.165) is 19.4 Å². The van der Waals surface area contributed by atoms with Gasteiger partial charge in [-0.15, -0.1) is 0 Å². The highest BCUT2D eigenvalue weighted by molar-refractivity contribution is 4.68. The monoisotopic (exact) mass is 114 g/mol. The molecular formula is C7H16N. The van der Waals surface area contributed by atoms with Gasteiger partial charge in [0.15, 0.2) is 0 Å². The van der Waals surface area contributed by atoms with Gasteiger partial charge in [0.25, 0.3) is 0 Å². The zero-order chi connectivity index (χ0) is 6.62. The Bertz CT molecular complexity index is 57.4. The van der Waals surface area contributed by atoms with E-state index in [4.69, 9.17) is 5.73 Å². The molecule has 0 fully saturated rings. The molecule has 0 atom stereocenters. The summed E-state index contributed by atoms with van der Waals surface area (Å²) in [6, 6.07) is 0. The molecule has 0 aromatic heterocycles. The molecule has 0 aromatic rings. The maximum absolute atomic E-state index is 5.46. The molecule has 0 saturated heterocycles. The number of hydrogen-bond acceptors (Lipinski definition) is 1. The molecule has 1 radical (unpaired) electrons. The highest BCUT2D eigenvalue weighted by atomic mass is 14.6. The fourth-order valence-corrected chi connectivity index (χ4v) is 0.581. The van der Waals surface area contributed by atoms with Crippen LogP contribution in [0.3, 0.4) is 0 Å². The summed E-state index contributed by atoms with van der Waals surface area (Å²) in [5, 5.41) is 0. The predicted molar refractivity (Wildman–Crippen MR) is 37.4 cm³/mol. The Morgan fingerprint density at radius 1 is 1.50 bits per heavy atom. The minimum atomic E-state index is 0.307. The number of rotatable bonds is 3. The number of hydrogen-bond donors (Lipinski definition) is 1. The lowest BCUT2D eigenvalue weighted by Crippen LogP contribution is -2.22. The van der Waals surface area contributed by atoms with Crippen molar-refractivity contribution in [1.82, 2.24) is 0 Å². The van der Waals surface area contributed by atoms with Crippen LogP contribution in [0.5, 0.6) is 0 Å². The summed E-state index contributed by atoms with van der Waals surface area (Å²) in [7, 11) is 0. The summed E-state index contributed by atoms with van der Waals surface area (Å²) in [5.41, 5.74) is 5.77. The molecule has 0 rings (SSSR count).